The smallest absolute Gasteiger partial charge is 0.260 e. The molecule has 0 fully saturated rings. The van der Waals surface area contributed by atoms with Gasteiger partial charge in [0.15, 0.2) is 5.16 Å². The van der Waals surface area contributed by atoms with Crippen LogP contribution in [0, 0.1) is 13.8 Å². The Morgan fingerprint density at radius 3 is 2.31 bits per heavy atom. The first-order valence-electron chi connectivity index (χ1n) is 10.7. The van der Waals surface area contributed by atoms with Crippen molar-refractivity contribution in [2.75, 3.05) is 6.26 Å². The molecule has 0 spiro atoms. The molecule has 184 valence electrons. The third-order valence-electron chi connectivity index (χ3n) is 5.95. The van der Waals surface area contributed by atoms with E-state index in [9.17, 15) is 21.6 Å². The van der Waals surface area contributed by atoms with Crippen LogP contribution in [0.15, 0.2) is 71.1 Å². The van der Waals surface area contributed by atoms with Crippen LogP contribution in [0.25, 0.3) is 32.9 Å². The van der Waals surface area contributed by atoms with Crippen molar-refractivity contribution >= 4 is 43.6 Å². The van der Waals surface area contributed by atoms with Crippen molar-refractivity contribution in [2.45, 2.75) is 30.1 Å². The van der Waals surface area contributed by atoms with Crippen molar-refractivity contribution in [3.8, 4) is 11.1 Å². The standard InChI is InChI=1S/C25H19F3N4O2S2/c1-14-4-7-17(8-5-14)36(33,34)32-13-21(18-9-6-16(10-22(18)32)25(26,27)28)20-12-29-15(2)19-11-30-24(35-3)31-23(19)20/h4-13H,1-3H3. The summed E-state index contributed by atoms with van der Waals surface area (Å²) in [7, 11) is -4.21. The molecule has 0 N–H and O–H groups in total. The number of aryl methyl sites for hydroxylation is 2. The van der Waals surface area contributed by atoms with Crippen molar-refractivity contribution in [1.82, 2.24) is 18.9 Å². The van der Waals surface area contributed by atoms with Gasteiger partial charge < -0.3 is 0 Å². The fourth-order valence-corrected chi connectivity index (χ4v) is 5.74. The van der Waals surface area contributed by atoms with Gasteiger partial charge in [-0.15, -0.1) is 0 Å². The van der Waals surface area contributed by atoms with Crippen LogP contribution in [0.3, 0.4) is 0 Å². The lowest BCUT2D eigenvalue weighted by molar-refractivity contribution is -0.137. The van der Waals surface area contributed by atoms with E-state index in [1.165, 1.54) is 36.2 Å². The van der Waals surface area contributed by atoms with Crippen molar-refractivity contribution in [2.24, 2.45) is 0 Å². The number of thioether (sulfide) groups is 1. The Balaban J connectivity index is 1.86. The van der Waals surface area contributed by atoms with Gasteiger partial charge in [0.25, 0.3) is 10.0 Å². The summed E-state index contributed by atoms with van der Waals surface area (Å²) in [5, 5.41) is 1.50. The predicted octanol–water partition coefficient (Wildman–Crippen LogP) is 6.24. The van der Waals surface area contributed by atoms with Gasteiger partial charge in [0, 0.05) is 46.2 Å². The number of hydrogen-bond donors (Lipinski definition) is 0. The molecule has 0 aliphatic rings. The van der Waals surface area contributed by atoms with Crippen molar-refractivity contribution < 1.29 is 21.6 Å². The van der Waals surface area contributed by atoms with Crippen LogP contribution in [-0.4, -0.2) is 33.6 Å². The minimum atomic E-state index is -4.64. The Labute approximate surface area is 209 Å². The number of rotatable bonds is 4. The van der Waals surface area contributed by atoms with Gasteiger partial charge in [-0.3, -0.25) is 4.98 Å². The molecule has 0 unspecified atom stereocenters. The van der Waals surface area contributed by atoms with E-state index < -0.39 is 21.8 Å². The number of hydrogen-bond acceptors (Lipinski definition) is 6. The predicted molar refractivity (Wildman–Crippen MR) is 134 cm³/mol. The maximum Gasteiger partial charge on any atom is 0.416 e. The summed E-state index contributed by atoms with van der Waals surface area (Å²) in [6, 6.07) is 9.24. The zero-order chi connectivity index (χ0) is 25.8. The normalized spacial score (nSPS) is 12.5. The number of halogens is 3. The summed E-state index contributed by atoms with van der Waals surface area (Å²) < 4.78 is 68.9. The lowest BCUT2D eigenvalue weighted by Gasteiger charge is -2.10. The number of fused-ring (bicyclic) bond motifs is 2. The summed E-state index contributed by atoms with van der Waals surface area (Å²) in [5.74, 6) is 0. The van der Waals surface area contributed by atoms with Crippen LogP contribution in [0.5, 0.6) is 0 Å². The highest BCUT2D eigenvalue weighted by Crippen LogP contribution is 2.39. The number of alkyl halides is 3. The van der Waals surface area contributed by atoms with Crippen LogP contribution in [0.4, 0.5) is 13.2 Å². The van der Waals surface area contributed by atoms with Gasteiger partial charge in [0.1, 0.15) is 0 Å². The van der Waals surface area contributed by atoms with Gasteiger partial charge >= 0.3 is 6.18 Å². The first kappa shape index (κ1) is 24.3. The fraction of sp³-hybridized carbons (Fsp3) is 0.160. The Kier molecular flexibility index (Phi) is 5.79. The van der Waals surface area contributed by atoms with E-state index in [0.717, 1.165) is 21.7 Å². The molecule has 0 aliphatic heterocycles. The van der Waals surface area contributed by atoms with Crippen LogP contribution >= 0.6 is 11.8 Å². The molecule has 0 amide bonds. The summed E-state index contributed by atoms with van der Waals surface area (Å²) >= 11 is 1.34. The monoisotopic (exact) mass is 528 g/mol. The molecular formula is C25H19F3N4O2S2. The fourth-order valence-electron chi connectivity index (χ4n) is 4.03. The summed E-state index contributed by atoms with van der Waals surface area (Å²) in [6.07, 6.45) is 1.73. The topological polar surface area (TPSA) is 77.7 Å². The SMILES string of the molecule is CSc1ncc2c(C)ncc(-c3cn(S(=O)(=O)c4ccc(C)cc4)c4cc(C(F)(F)F)ccc34)c2n1. The van der Waals surface area contributed by atoms with Crippen molar-refractivity contribution in [3.63, 3.8) is 0 Å². The lowest BCUT2D eigenvalue weighted by atomic mass is 10.0. The highest BCUT2D eigenvalue weighted by atomic mass is 32.2. The van der Waals surface area contributed by atoms with E-state index in [0.29, 0.717) is 38.3 Å². The zero-order valence-corrected chi connectivity index (χ0v) is 21.0. The molecule has 0 saturated heterocycles. The highest BCUT2D eigenvalue weighted by molar-refractivity contribution is 7.98. The quantitative estimate of drug-likeness (QED) is 0.203. The van der Waals surface area contributed by atoms with E-state index in [1.807, 2.05) is 13.2 Å². The summed E-state index contributed by atoms with van der Waals surface area (Å²) in [5.41, 5.74) is 1.93. The number of nitrogens with zero attached hydrogens (tertiary/aromatic N) is 4. The number of aromatic nitrogens is 4. The van der Waals surface area contributed by atoms with Crippen LogP contribution in [-0.2, 0) is 16.2 Å². The second kappa shape index (κ2) is 8.59. The minimum Gasteiger partial charge on any atom is -0.260 e. The molecule has 11 heteroatoms. The third-order valence-corrected chi connectivity index (χ3v) is 8.20. The summed E-state index contributed by atoms with van der Waals surface area (Å²) in [6.45, 7) is 3.62. The second-order valence-corrected chi connectivity index (χ2v) is 10.9. The molecule has 0 aliphatic carbocycles. The average Bonchev–Trinajstić information content (AvgIpc) is 3.23. The summed E-state index contributed by atoms with van der Waals surface area (Å²) in [4.78, 5) is 13.3. The van der Waals surface area contributed by atoms with E-state index in [2.05, 4.69) is 15.0 Å². The van der Waals surface area contributed by atoms with Crippen molar-refractivity contribution in [1.29, 1.82) is 0 Å². The van der Waals surface area contributed by atoms with Crippen LogP contribution in [0.1, 0.15) is 16.8 Å². The maximum atomic E-state index is 13.6. The molecule has 2 aromatic carbocycles. The molecule has 3 heterocycles. The minimum absolute atomic E-state index is 0.0344. The number of pyridine rings is 1. The molecule has 0 atom stereocenters. The molecule has 0 radical (unpaired) electrons. The first-order chi connectivity index (χ1) is 17.0. The van der Waals surface area contributed by atoms with E-state index in [-0.39, 0.29) is 10.4 Å². The molecule has 5 rings (SSSR count). The van der Waals surface area contributed by atoms with Crippen LogP contribution < -0.4 is 0 Å². The van der Waals surface area contributed by atoms with Gasteiger partial charge in [-0.25, -0.2) is 22.4 Å². The Hall–Kier alpha value is -3.44. The Morgan fingerprint density at radius 1 is 0.917 bits per heavy atom. The Morgan fingerprint density at radius 2 is 1.64 bits per heavy atom. The number of benzene rings is 2. The average molecular weight is 529 g/mol. The molecule has 3 aromatic heterocycles. The van der Waals surface area contributed by atoms with E-state index >= 15 is 0 Å². The molecule has 36 heavy (non-hydrogen) atoms. The molecule has 5 aromatic rings. The van der Waals surface area contributed by atoms with Gasteiger partial charge in [0.05, 0.1) is 21.5 Å². The lowest BCUT2D eigenvalue weighted by Crippen LogP contribution is -2.12. The van der Waals surface area contributed by atoms with Gasteiger partial charge in [-0.1, -0.05) is 35.5 Å². The molecule has 6 nitrogen and oxygen atoms in total. The first-order valence-corrected chi connectivity index (χ1v) is 13.4. The zero-order valence-electron chi connectivity index (χ0n) is 19.3. The Bertz CT molecular complexity index is 1750. The molecule has 0 saturated carbocycles. The van der Waals surface area contributed by atoms with Gasteiger partial charge in [-0.2, -0.15) is 13.2 Å². The second-order valence-electron chi connectivity index (χ2n) is 8.26. The van der Waals surface area contributed by atoms with E-state index in [4.69, 9.17) is 0 Å². The third kappa shape index (κ3) is 4.01. The molecule has 0 bridgehead atoms. The van der Waals surface area contributed by atoms with Gasteiger partial charge in [0.2, 0.25) is 0 Å². The van der Waals surface area contributed by atoms with Crippen LogP contribution in [0.2, 0.25) is 0 Å². The molecular weight excluding hydrogens is 509 g/mol. The largest absolute Gasteiger partial charge is 0.416 e. The van der Waals surface area contributed by atoms with Crippen molar-refractivity contribution in [3.05, 3.63) is 77.9 Å². The highest BCUT2D eigenvalue weighted by Gasteiger charge is 2.32. The van der Waals surface area contributed by atoms with Gasteiger partial charge in [-0.05, 0) is 44.4 Å². The maximum absolute atomic E-state index is 13.6. The van der Waals surface area contributed by atoms with E-state index in [1.54, 1.807) is 31.5 Å².